The number of nitro benzene ring substituents is 1. The second-order valence-corrected chi connectivity index (χ2v) is 4.71. The second-order valence-electron chi connectivity index (χ2n) is 4.27. The zero-order chi connectivity index (χ0) is 15.7. The molecule has 0 aliphatic heterocycles. The molecule has 0 atom stereocenters. The molecule has 0 fully saturated rings. The molecule has 0 radical (unpaired) electrons. The number of nitrogens with one attached hydrogen (secondary N) is 1. The fourth-order valence-corrected chi connectivity index (χ4v) is 2.05. The minimum Gasteiger partial charge on any atom is -0.431 e. The molecule has 3 N–H and O–H groups in total. The predicted molar refractivity (Wildman–Crippen MR) is 77.1 cm³/mol. The lowest BCUT2D eigenvalue weighted by Gasteiger charge is -2.08. The van der Waals surface area contributed by atoms with Gasteiger partial charge in [-0.3, -0.25) is 15.5 Å². The third-order valence-electron chi connectivity index (χ3n) is 2.76. The standard InChI is InChI=1S/C12H12ClN5O3/c1-6-10(11(14)15)12(17(2)16-6)21-9-4-3-7(13)5-8(9)18(19)20/h3-5H,1-2H3,(H3,14,15). The molecule has 2 aromatic rings. The maximum atomic E-state index is 11.1. The van der Waals surface area contributed by atoms with E-state index in [1.54, 1.807) is 14.0 Å². The van der Waals surface area contributed by atoms with Crippen molar-refractivity contribution in [2.45, 2.75) is 6.92 Å². The monoisotopic (exact) mass is 309 g/mol. The van der Waals surface area contributed by atoms with Gasteiger partial charge in [-0.05, 0) is 19.1 Å². The largest absolute Gasteiger partial charge is 0.431 e. The molecule has 0 saturated carbocycles. The molecule has 0 spiro atoms. The number of benzene rings is 1. The van der Waals surface area contributed by atoms with Crippen LogP contribution in [0.15, 0.2) is 18.2 Å². The van der Waals surface area contributed by atoms with E-state index in [-0.39, 0.29) is 28.2 Å². The molecule has 0 aliphatic carbocycles. The molecule has 1 aromatic heterocycles. The van der Waals surface area contributed by atoms with Gasteiger partial charge in [-0.2, -0.15) is 5.10 Å². The number of nitrogens with two attached hydrogens (primary N) is 1. The third kappa shape index (κ3) is 2.79. The molecule has 9 heteroatoms. The lowest BCUT2D eigenvalue weighted by molar-refractivity contribution is -0.385. The number of hydrogen-bond donors (Lipinski definition) is 2. The zero-order valence-corrected chi connectivity index (χ0v) is 12.0. The van der Waals surface area contributed by atoms with Crippen LogP contribution in [0.25, 0.3) is 0 Å². The van der Waals surface area contributed by atoms with Crippen LogP contribution in [0, 0.1) is 22.4 Å². The van der Waals surface area contributed by atoms with E-state index in [0.29, 0.717) is 11.3 Å². The van der Waals surface area contributed by atoms with E-state index in [1.807, 2.05) is 0 Å². The Morgan fingerprint density at radius 1 is 1.57 bits per heavy atom. The van der Waals surface area contributed by atoms with Crippen LogP contribution in [-0.2, 0) is 7.05 Å². The van der Waals surface area contributed by atoms with Crippen molar-refractivity contribution in [2.75, 3.05) is 0 Å². The number of halogens is 1. The van der Waals surface area contributed by atoms with E-state index in [1.165, 1.54) is 22.9 Å². The van der Waals surface area contributed by atoms with Gasteiger partial charge in [-0.1, -0.05) is 11.6 Å². The van der Waals surface area contributed by atoms with Gasteiger partial charge in [0.15, 0.2) is 0 Å². The zero-order valence-electron chi connectivity index (χ0n) is 11.3. The van der Waals surface area contributed by atoms with E-state index in [2.05, 4.69) is 5.10 Å². The molecule has 0 aliphatic rings. The van der Waals surface area contributed by atoms with Gasteiger partial charge in [-0.25, -0.2) is 4.68 Å². The minimum atomic E-state index is -0.599. The Morgan fingerprint density at radius 2 is 2.24 bits per heavy atom. The Bertz CT molecular complexity index is 741. The Morgan fingerprint density at radius 3 is 2.81 bits per heavy atom. The van der Waals surface area contributed by atoms with Gasteiger partial charge in [0, 0.05) is 18.1 Å². The average molecular weight is 310 g/mol. The molecule has 0 unspecified atom stereocenters. The Hall–Kier alpha value is -2.61. The molecule has 21 heavy (non-hydrogen) atoms. The van der Waals surface area contributed by atoms with Crippen molar-refractivity contribution in [2.24, 2.45) is 12.8 Å². The van der Waals surface area contributed by atoms with Crippen molar-refractivity contribution < 1.29 is 9.66 Å². The average Bonchev–Trinajstić information content (AvgIpc) is 2.66. The highest BCUT2D eigenvalue weighted by atomic mass is 35.5. The number of aromatic nitrogens is 2. The van der Waals surface area contributed by atoms with Gasteiger partial charge in [0.2, 0.25) is 11.6 Å². The summed E-state index contributed by atoms with van der Waals surface area (Å²) >= 11 is 5.75. The van der Waals surface area contributed by atoms with Gasteiger partial charge in [0.05, 0.1) is 10.6 Å². The number of ether oxygens (including phenoxy) is 1. The molecular formula is C12H12ClN5O3. The molecular weight excluding hydrogens is 298 g/mol. The van der Waals surface area contributed by atoms with E-state index in [4.69, 9.17) is 27.5 Å². The smallest absolute Gasteiger partial charge is 0.313 e. The summed E-state index contributed by atoms with van der Waals surface area (Å²) in [4.78, 5) is 10.5. The SMILES string of the molecule is Cc1nn(C)c(Oc2ccc(Cl)cc2[N+](=O)[O-])c1C(=N)N. The van der Waals surface area contributed by atoms with Crippen molar-refractivity contribution >= 4 is 23.1 Å². The summed E-state index contributed by atoms with van der Waals surface area (Å²) in [5, 5.41) is 22.9. The molecule has 2 rings (SSSR count). The number of nitrogens with zero attached hydrogens (tertiary/aromatic N) is 3. The highest BCUT2D eigenvalue weighted by Crippen LogP contribution is 2.35. The lowest BCUT2D eigenvalue weighted by Crippen LogP contribution is -2.13. The molecule has 110 valence electrons. The predicted octanol–water partition coefficient (Wildman–Crippen LogP) is 2.37. The summed E-state index contributed by atoms with van der Waals surface area (Å²) in [5.74, 6) is -0.0764. The van der Waals surface area contributed by atoms with Gasteiger partial charge in [0.25, 0.3) is 0 Å². The van der Waals surface area contributed by atoms with E-state index in [9.17, 15) is 10.1 Å². The van der Waals surface area contributed by atoms with Crippen LogP contribution in [0.5, 0.6) is 11.6 Å². The van der Waals surface area contributed by atoms with Crippen molar-refractivity contribution in [1.29, 1.82) is 5.41 Å². The van der Waals surface area contributed by atoms with Crippen molar-refractivity contribution in [3.05, 3.63) is 44.6 Å². The summed E-state index contributed by atoms with van der Waals surface area (Å²) in [5.41, 5.74) is 6.01. The van der Waals surface area contributed by atoms with E-state index in [0.717, 1.165) is 0 Å². The number of hydrogen-bond acceptors (Lipinski definition) is 5. The minimum absolute atomic E-state index is 0.00472. The number of nitro groups is 1. The Balaban J connectivity index is 2.53. The van der Waals surface area contributed by atoms with Crippen LogP contribution in [0.1, 0.15) is 11.3 Å². The number of amidine groups is 1. The first-order valence-corrected chi connectivity index (χ1v) is 6.19. The van der Waals surface area contributed by atoms with Gasteiger partial charge < -0.3 is 10.5 Å². The lowest BCUT2D eigenvalue weighted by atomic mass is 10.2. The quantitative estimate of drug-likeness (QED) is 0.389. The molecule has 8 nitrogen and oxygen atoms in total. The van der Waals surface area contributed by atoms with Crippen LogP contribution >= 0.6 is 11.6 Å². The van der Waals surface area contributed by atoms with Gasteiger partial charge in [-0.15, -0.1) is 0 Å². The Labute approximate surface area is 124 Å². The fourth-order valence-electron chi connectivity index (χ4n) is 1.89. The van der Waals surface area contributed by atoms with Crippen LogP contribution in [0.3, 0.4) is 0 Å². The highest BCUT2D eigenvalue weighted by molar-refractivity contribution is 6.30. The van der Waals surface area contributed by atoms with E-state index < -0.39 is 4.92 Å². The summed E-state index contributed by atoms with van der Waals surface area (Å²) < 4.78 is 6.91. The maximum absolute atomic E-state index is 11.1. The highest BCUT2D eigenvalue weighted by Gasteiger charge is 2.22. The molecule has 1 heterocycles. The number of nitrogen functional groups attached to an aromatic ring is 1. The van der Waals surface area contributed by atoms with Crippen molar-refractivity contribution in [3.63, 3.8) is 0 Å². The number of aryl methyl sites for hydroxylation is 2. The van der Waals surface area contributed by atoms with Crippen LogP contribution in [0.2, 0.25) is 5.02 Å². The normalized spacial score (nSPS) is 10.4. The van der Waals surface area contributed by atoms with E-state index >= 15 is 0 Å². The topological polar surface area (TPSA) is 120 Å². The molecule has 1 aromatic carbocycles. The third-order valence-corrected chi connectivity index (χ3v) is 3.00. The van der Waals surface area contributed by atoms with Crippen molar-refractivity contribution in [1.82, 2.24) is 9.78 Å². The van der Waals surface area contributed by atoms with Gasteiger partial charge >= 0.3 is 5.69 Å². The second kappa shape index (κ2) is 5.41. The van der Waals surface area contributed by atoms with Crippen LogP contribution < -0.4 is 10.5 Å². The van der Waals surface area contributed by atoms with Crippen molar-refractivity contribution in [3.8, 4) is 11.6 Å². The summed E-state index contributed by atoms with van der Waals surface area (Å²) in [6.45, 7) is 1.67. The first kappa shape index (κ1) is 14.8. The molecule has 0 saturated heterocycles. The molecule has 0 amide bonds. The van der Waals surface area contributed by atoms with Crippen LogP contribution in [-0.4, -0.2) is 20.5 Å². The van der Waals surface area contributed by atoms with Gasteiger partial charge in [0.1, 0.15) is 11.4 Å². The molecule has 0 bridgehead atoms. The maximum Gasteiger partial charge on any atom is 0.313 e. The van der Waals surface area contributed by atoms with Crippen LogP contribution in [0.4, 0.5) is 5.69 Å². The summed E-state index contributed by atoms with van der Waals surface area (Å²) in [6.07, 6.45) is 0. The first-order valence-electron chi connectivity index (χ1n) is 5.81. The number of rotatable bonds is 4. The fraction of sp³-hybridized carbons (Fsp3) is 0.167. The first-order chi connectivity index (χ1) is 9.81. The summed E-state index contributed by atoms with van der Waals surface area (Å²) in [6, 6.07) is 4.04. The Kier molecular flexibility index (Phi) is 3.81. The summed E-state index contributed by atoms with van der Waals surface area (Å²) in [7, 11) is 1.59.